The van der Waals surface area contributed by atoms with E-state index in [4.69, 9.17) is 14.3 Å². The van der Waals surface area contributed by atoms with E-state index in [0.717, 1.165) is 30.3 Å². The predicted molar refractivity (Wildman–Crippen MR) is 127 cm³/mol. The van der Waals surface area contributed by atoms with E-state index in [0.29, 0.717) is 5.56 Å². The maximum atomic E-state index is 13.3. The molecule has 0 fully saturated rings. The largest absolute Gasteiger partial charge is 0.573 e. The summed E-state index contributed by atoms with van der Waals surface area (Å²) in [6.07, 6.45) is -5.45. The molecule has 0 spiro atoms. The van der Waals surface area contributed by atoms with Gasteiger partial charge in [0.15, 0.2) is 5.75 Å². The smallest absolute Gasteiger partial charge is 0.478 e. The Bertz CT molecular complexity index is 1590. The highest BCUT2D eigenvalue weighted by Gasteiger charge is 2.31. The molecule has 0 saturated heterocycles. The zero-order valence-corrected chi connectivity index (χ0v) is 19.4. The maximum Gasteiger partial charge on any atom is 0.573 e. The summed E-state index contributed by atoms with van der Waals surface area (Å²) in [7, 11) is 0. The normalized spacial score (nSPS) is 11.9. The lowest BCUT2D eigenvalue weighted by atomic mass is 9.99. The average Bonchev–Trinajstić information content (AvgIpc) is 2.83. The SMILES string of the molecule is Cc1cc(OC(F)(F)F)ccc1-c1c(Oc2ccc(/C=C/C(=O)O)cc2)c2ccc(C(F)F)cc2oc1=O. The Morgan fingerprint density at radius 3 is 2.29 bits per heavy atom. The monoisotopic (exact) mass is 532 g/mol. The van der Waals surface area contributed by atoms with Crippen molar-refractivity contribution in [2.24, 2.45) is 0 Å². The predicted octanol–water partition coefficient (Wildman–Crippen LogP) is 7.49. The summed E-state index contributed by atoms with van der Waals surface area (Å²) < 4.78 is 79.7. The van der Waals surface area contributed by atoms with E-state index in [1.165, 1.54) is 37.3 Å². The Morgan fingerprint density at radius 1 is 1.00 bits per heavy atom. The van der Waals surface area contributed by atoms with Gasteiger partial charge in [-0.25, -0.2) is 18.4 Å². The van der Waals surface area contributed by atoms with Gasteiger partial charge in [-0.3, -0.25) is 0 Å². The van der Waals surface area contributed by atoms with E-state index in [9.17, 15) is 31.5 Å². The molecule has 1 heterocycles. The zero-order chi connectivity index (χ0) is 27.6. The van der Waals surface area contributed by atoms with Crippen LogP contribution in [0.3, 0.4) is 0 Å². The fourth-order valence-corrected chi connectivity index (χ4v) is 3.71. The number of carbonyl (C=O) groups is 1. The molecule has 4 rings (SSSR count). The van der Waals surface area contributed by atoms with Crippen LogP contribution in [0, 0.1) is 6.92 Å². The van der Waals surface area contributed by atoms with Gasteiger partial charge in [-0.2, -0.15) is 0 Å². The van der Waals surface area contributed by atoms with E-state index >= 15 is 0 Å². The van der Waals surface area contributed by atoms with Crippen LogP contribution in [0.2, 0.25) is 0 Å². The molecule has 4 aromatic rings. The number of aliphatic carboxylic acids is 1. The number of benzene rings is 3. The lowest BCUT2D eigenvalue weighted by Gasteiger charge is -2.16. The Kier molecular flexibility index (Phi) is 7.20. The molecular formula is C27H17F5O6. The van der Waals surface area contributed by atoms with Gasteiger partial charge in [0.2, 0.25) is 0 Å². The lowest BCUT2D eigenvalue weighted by Crippen LogP contribution is -2.17. The molecule has 6 nitrogen and oxygen atoms in total. The van der Waals surface area contributed by atoms with Crippen molar-refractivity contribution < 1.29 is 45.7 Å². The number of aryl methyl sites for hydroxylation is 1. The number of carboxylic acids is 1. The summed E-state index contributed by atoms with van der Waals surface area (Å²) in [6.45, 7) is 1.45. The van der Waals surface area contributed by atoms with E-state index in [-0.39, 0.29) is 39.2 Å². The summed E-state index contributed by atoms with van der Waals surface area (Å²) >= 11 is 0. The van der Waals surface area contributed by atoms with Gasteiger partial charge in [0, 0.05) is 11.6 Å². The van der Waals surface area contributed by atoms with E-state index in [1.807, 2.05) is 0 Å². The molecule has 0 atom stereocenters. The van der Waals surface area contributed by atoms with Gasteiger partial charge in [0.25, 0.3) is 6.43 Å². The molecule has 0 unspecified atom stereocenters. The van der Waals surface area contributed by atoms with Crippen LogP contribution in [0.15, 0.2) is 76.0 Å². The second-order valence-electron chi connectivity index (χ2n) is 8.02. The number of rotatable bonds is 7. The van der Waals surface area contributed by atoms with Crippen LogP contribution in [-0.4, -0.2) is 17.4 Å². The summed E-state index contributed by atoms with van der Waals surface area (Å²) in [5.74, 6) is -1.50. The molecule has 1 N–H and O–H groups in total. The van der Waals surface area contributed by atoms with Crippen molar-refractivity contribution in [3.8, 4) is 28.4 Å². The highest BCUT2D eigenvalue weighted by Crippen LogP contribution is 2.40. The van der Waals surface area contributed by atoms with Gasteiger partial charge >= 0.3 is 18.0 Å². The lowest BCUT2D eigenvalue weighted by molar-refractivity contribution is -0.274. The van der Waals surface area contributed by atoms with Gasteiger partial charge < -0.3 is 19.0 Å². The van der Waals surface area contributed by atoms with Crippen molar-refractivity contribution in [2.45, 2.75) is 19.7 Å². The molecule has 1 aromatic heterocycles. The first-order chi connectivity index (χ1) is 17.9. The molecule has 0 bridgehead atoms. The highest BCUT2D eigenvalue weighted by molar-refractivity contribution is 5.92. The maximum absolute atomic E-state index is 13.3. The molecule has 0 aliphatic carbocycles. The number of ether oxygens (including phenoxy) is 2. The third kappa shape index (κ3) is 6.00. The first-order valence-corrected chi connectivity index (χ1v) is 10.9. The van der Waals surface area contributed by atoms with E-state index in [1.54, 1.807) is 12.1 Å². The quantitative estimate of drug-likeness (QED) is 0.151. The van der Waals surface area contributed by atoms with Crippen LogP contribution >= 0.6 is 0 Å². The van der Waals surface area contributed by atoms with Crippen LogP contribution in [0.5, 0.6) is 17.2 Å². The van der Waals surface area contributed by atoms with Crippen molar-refractivity contribution in [3.05, 3.63) is 93.9 Å². The minimum absolute atomic E-state index is 0.0708. The van der Waals surface area contributed by atoms with Crippen molar-refractivity contribution in [1.29, 1.82) is 0 Å². The number of hydrogen-bond donors (Lipinski definition) is 1. The number of alkyl halides is 5. The molecule has 11 heteroatoms. The molecule has 0 amide bonds. The Hall–Kier alpha value is -4.67. The minimum atomic E-state index is -4.92. The number of hydrogen-bond acceptors (Lipinski definition) is 5. The first-order valence-electron chi connectivity index (χ1n) is 10.9. The second kappa shape index (κ2) is 10.4. The summed E-state index contributed by atoms with van der Waals surface area (Å²) in [5.41, 5.74) is -0.748. The molecule has 38 heavy (non-hydrogen) atoms. The van der Waals surface area contributed by atoms with E-state index in [2.05, 4.69) is 4.74 Å². The average molecular weight is 532 g/mol. The molecule has 3 aromatic carbocycles. The zero-order valence-electron chi connectivity index (χ0n) is 19.4. The van der Waals surface area contributed by atoms with Gasteiger partial charge in [-0.15, -0.1) is 13.2 Å². The molecule has 0 aliphatic heterocycles. The standard InChI is InChI=1S/C27H17F5O6/c1-14-12-18(38-27(30,31)32)8-10-19(14)23-24(36-17-6-2-15(3-7-17)4-11-22(33)34)20-9-5-16(25(28)29)13-21(20)37-26(23)35/h2-13,25H,1H3,(H,33,34)/b11-4+. The van der Waals surface area contributed by atoms with Gasteiger partial charge in [0.1, 0.15) is 22.6 Å². The van der Waals surface area contributed by atoms with Crippen LogP contribution in [0.25, 0.3) is 28.2 Å². The Morgan fingerprint density at radius 2 is 1.68 bits per heavy atom. The third-order valence-electron chi connectivity index (χ3n) is 5.36. The number of carboxylic acid groups (broad SMARTS) is 1. The Balaban J connectivity index is 1.87. The van der Waals surface area contributed by atoms with Gasteiger partial charge in [0.05, 0.1) is 5.39 Å². The molecule has 196 valence electrons. The van der Waals surface area contributed by atoms with Crippen LogP contribution in [0.1, 0.15) is 23.1 Å². The second-order valence-corrected chi connectivity index (χ2v) is 8.02. The van der Waals surface area contributed by atoms with Crippen molar-refractivity contribution in [2.75, 3.05) is 0 Å². The van der Waals surface area contributed by atoms with Crippen LogP contribution in [0.4, 0.5) is 22.0 Å². The van der Waals surface area contributed by atoms with Gasteiger partial charge in [-0.05, 0) is 66.1 Å². The van der Waals surface area contributed by atoms with Crippen LogP contribution < -0.4 is 15.1 Å². The first kappa shape index (κ1) is 26.4. The van der Waals surface area contributed by atoms with Gasteiger partial charge in [-0.1, -0.05) is 24.3 Å². The number of halogens is 5. The van der Waals surface area contributed by atoms with Crippen molar-refractivity contribution in [3.63, 3.8) is 0 Å². The molecule has 0 radical (unpaired) electrons. The Labute approximate surface area is 211 Å². The fraction of sp³-hybridized carbons (Fsp3) is 0.111. The third-order valence-corrected chi connectivity index (χ3v) is 5.36. The topological polar surface area (TPSA) is 86.0 Å². The van der Waals surface area contributed by atoms with E-state index < -0.39 is 35.7 Å². The fourth-order valence-electron chi connectivity index (χ4n) is 3.71. The minimum Gasteiger partial charge on any atom is -0.478 e. The summed E-state index contributed by atoms with van der Waals surface area (Å²) in [4.78, 5) is 23.8. The van der Waals surface area contributed by atoms with Crippen molar-refractivity contribution in [1.82, 2.24) is 0 Å². The van der Waals surface area contributed by atoms with Crippen molar-refractivity contribution >= 4 is 23.0 Å². The van der Waals surface area contributed by atoms with Crippen LogP contribution in [-0.2, 0) is 4.79 Å². The summed E-state index contributed by atoms with van der Waals surface area (Å²) in [6, 6.07) is 12.8. The number of fused-ring (bicyclic) bond motifs is 1. The summed E-state index contributed by atoms with van der Waals surface area (Å²) in [5, 5.41) is 8.94. The molecule has 0 saturated carbocycles. The molecule has 0 aliphatic rings. The molecular weight excluding hydrogens is 515 g/mol. The highest BCUT2D eigenvalue weighted by atomic mass is 19.4.